The summed E-state index contributed by atoms with van der Waals surface area (Å²) < 4.78 is 0. The molecule has 0 saturated carbocycles. The molecule has 0 bridgehead atoms. The first-order chi connectivity index (χ1) is 7.76. The molecule has 1 heterocycles. The quantitative estimate of drug-likeness (QED) is 0.762. The summed E-state index contributed by atoms with van der Waals surface area (Å²) in [5.41, 5.74) is 1.74. The SMILES string of the molecule is CCC(CC)(CC)CNCc1cccnc1. The summed E-state index contributed by atoms with van der Waals surface area (Å²) in [4.78, 5) is 4.12. The first kappa shape index (κ1) is 13.2. The monoisotopic (exact) mass is 220 g/mol. The van der Waals surface area contributed by atoms with Crippen molar-refractivity contribution in [3.63, 3.8) is 0 Å². The average Bonchev–Trinajstić information content (AvgIpc) is 2.37. The Morgan fingerprint density at radius 1 is 1.19 bits per heavy atom. The summed E-state index contributed by atoms with van der Waals surface area (Å²) in [5.74, 6) is 0. The minimum absolute atomic E-state index is 0.474. The summed E-state index contributed by atoms with van der Waals surface area (Å²) in [7, 11) is 0. The first-order valence-electron chi connectivity index (χ1n) is 6.36. The third-order valence-electron chi connectivity index (χ3n) is 3.80. The highest BCUT2D eigenvalue weighted by Gasteiger charge is 2.22. The van der Waals surface area contributed by atoms with Crippen molar-refractivity contribution in [2.24, 2.45) is 5.41 Å². The van der Waals surface area contributed by atoms with Gasteiger partial charge in [0.25, 0.3) is 0 Å². The van der Waals surface area contributed by atoms with Crippen LogP contribution in [-0.2, 0) is 6.54 Å². The van der Waals surface area contributed by atoms with E-state index in [0.717, 1.165) is 13.1 Å². The number of hydrogen-bond donors (Lipinski definition) is 1. The van der Waals surface area contributed by atoms with Gasteiger partial charge in [0, 0.05) is 25.5 Å². The highest BCUT2D eigenvalue weighted by molar-refractivity contribution is 5.07. The van der Waals surface area contributed by atoms with Gasteiger partial charge < -0.3 is 5.32 Å². The van der Waals surface area contributed by atoms with E-state index in [2.05, 4.69) is 37.1 Å². The Kier molecular flexibility index (Phi) is 5.47. The van der Waals surface area contributed by atoms with Crippen LogP contribution in [0.15, 0.2) is 24.5 Å². The molecule has 0 aliphatic carbocycles. The predicted molar refractivity (Wildman–Crippen MR) is 69.2 cm³/mol. The highest BCUT2D eigenvalue weighted by atomic mass is 14.9. The molecule has 1 N–H and O–H groups in total. The second kappa shape index (κ2) is 6.64. The number of rotatable bonds is 7. The second-order valence-electron chi connectivity index (χ2n) is 4.53. The Balaban J connectivity index is 2.39. The van der Waals surface area contributed by atoms with Gasteiger partial charge in [0.1, 0.15) is 0 Å². The molecule has 0 aliphatic rings. The third kappa shape index (κ3) is 3.60. The summed E-state index contributed by atoms with van der Waals surface area (Å²) in [5, 5.41) is 3.56. The Morgan fingerprint density at radius 2 is 1.88 bits per heavy atom. The molecule has 90 valence electrons. The molecule has 0 spiro atoms. The van der Waals surface area contributed by atoms with Gasteiger partial charge in [0.05, 0.1) is 0 Å². The molecule has 0 saturated heterocycles. The smallest absolute Gasteiger partial charge is 0.0312 e. The maximum absolute atomic E-state index is 4.12. The minimum Gasteiger partial charge on any atom is -0.312 e. The zero-order valence-electron chi connectivity index (χ0n) is 10.8. The van der Waals surface area contributed by atoms with E-state index in [1.165, 1.54) is 24.8 Å². The Bertz CT molecular complexity index is 270. The predicted octanol–water partition coefficient (Wildman–Crippen LogP) is 3.39. The van der Waals surface area contributed by atoms with Crippen LogP contribution in [0.3, 0.4) is 0 Å². The molecule has 1 rings (SSSR count). The first-order valence-corrected chi connectivity index (χ1v) is 6.36. The number of aromatic nitrogens is 1. The van der Waals surface area contributed by atoms with Crippen LogP contribution in [0.4, 0.5) is 0 Å². The maximum atomic E-state index is 4.12. The standard InChI is InChI=1S/C14H24N2/c1-4-14(5-2,6-3)12-16-11-13-8-7-9-15-10-13/h7-10,16H,4-6,11-12H2,1-3H3. The summed E-state index contributed by atoms with van der Waals surface area (Å²) in [6.45, 7) is 8.90. The van der Waals surface area contributed by atoms with Crippen LogP contribution in [0.25, 0.3) is 0 Å². The largest absolute Gasteiger partial charge is 0.312 e. The Morgan fingerprint density at radius 3 is 2.38 bits per heavy atom. The van der Waals surface area contributed by atoms with Gasteiger partial charge in [-0.1, -0.05) is 26.8 Å². The highest BCUT2D eigenvalue weighted by Crippen LogP contribution is 2.29. The fourth-order valence-corrected chi connectivity index (χ4v) is 2.10. The van der Waals surface area contributed by atoms with E-state index in [-0.39, 0.29) is 0 Å². The van der Waals surface area contributed by atoms with Crippen LogP contribution in [0.2, 0.25) is 0 Å². The molecule has 1 aromatic rings. The van der Waals surface area contributed by atoms with Crippen molar-refractivity contribution in [2.45, 2.75) is 46.6 Å². The van der Waals surface area contributed by atoms with Crippen LogP contribution in [0.1, 0.15) is 45.6 Å². The molecule has 0 aromatic carbocycles. The Hall–Kier alpha value is -0.890. The van der Waals surface area contributed by atoms with Crippen molar-refractivity contribution in [2.75, 3.05) is 6.54 Å². The van der Waals surface area contributed by atoms with Gasteiger partial charge >= 0.3 is 0 Å². The van der Waals surface area contributed by atoms with Crippen molar-refractivity contribution in [1.82, 2.24) is 10.3 Å². The molecule has 2 nitrogen and oxygen atoms in total. The van der Waals surface area contributed by atoms with E-state index in [9.17, 15) is 0 Å². The lowest BCUT2D eigenvalue weighted by Crippen LogP contribution is -2.32. The molecular formula is C14H24N2. The van der Waals surface area contributed by atoms with E-state index in [1.54, 1.807) is 0 Å². The number of pyridine rings is 1. The van der Waals surface area contributed by atoms with Gasteiger partial charge in [-0.3, -0.25) is 4.98 Å². The topological polar surface area (TPSA) is 24.9 Å². The van der Waals surface area contributed by atoms with Gasteiger partial charge in [0.2, 0.25) is 0 Å². The lowest BCUT2D eigenvalue weighted by atomic mass is 9.80. The Labute approximate surface area is 99.5 Å². The number of nitrogens with zero attached hydrogens (tertiary/aromatic N) is 1. The lowest BCUT2D eigenvalue weighted by molar-refractivity contribution is 0.238. The lowest BCUT2D eigenvalue weighted by Gasteiger charge is -2.30. The fourth-order valence-electron chi connectivity index (χ4n) is 2.10. The van der Waals surface area contributed by atoms with Crippen LogP contribution >= 0.6 is 0 Å². The molecule has 0 atom stereocenters. The van der Waals surface area contributed by atoms with Crippen molar-refractivity contribution in [1.29, 1.82) is 0 Å². The molecule has 1 aromatic heterocycles. The van der Waals surface area contributed by atoms with Crippen LogP contribution in [0, 0.1) is 5.41 Å². The average molecular weight is 220 g/mol. The molecule has 0 radical (unpaired) electrons. The zero-order chi connectivity index (χ0) is 11.9. The molecular weight excluding hydrogens is 196 g/mol. The molecule has 0 unspecified atom stereocenters. The fraction of sp³-hybridized carbons (Fsp3) is 0.643. The van der Waals surface area contributed by atoms with Gasteiger partial charge in [-0.25, -0.2) is 0 Å². The van der Waals surface area contributed by atoms with Crippen LogP contribution in [0.5, 0.6) is 0 Å². The van der Waals surface area contributed by atoms with Crippen molar-refractivity contribution < 1.29 is 0 Å². The summed E-state index contributed by atoms with van der Waals surface area (Å²) in [6, 6.07) is 4.11. The number of hydrogen-bond acceptors (Lipinski definition) is 2. The van der Waals surface area contributed by atoms with E-state index in [1.807, 2.05) is 18.5 Å². The van der Waals surface area contributed by atoms with Gasteiger partial charge in [-0.15, -0.1) is 0 Å². The molecule has 2 heteroatoms. The molecule has 16 heavy (non-hydrogen) atoms. The molecule has 0 fully saturated rings. The maximum Gasteiger partial charge on any atom is 0.0312 e. The van der Waals surface area contributed by atoms with Gasteiger partial charge in [-0.05, 0) is 36.3 Å². The van der Waals surface area contributed by atoms with Gasteiger partial charge in [-0.2, -0.15) is 0 Å². The second-order valence-corrected chi connectivity index (χ2v) is 4.53. The van der Waals surface area contributed by atoms with E-state index in [0.29, 0.717) is 5.41 Å². The third-order valence-corrected chi connectivity index (χ3v) is 3.80. The van der Waals surface area contributed by atoms with Crippen LogP contribution in [-0.4, -0.2) is 11.5 Å². The molecule has 0 aliphatic heterocycles. The van der Waals surface area contributed by atoms with E-state index < -0.39 is 0 Å². The van der Waals surface area contributed by atoms with Crippen LogP contribution < -0.4 is 5.32 Å². The molecule has 0 amide bonds. The number of nitrogens with one attached hydrogen (secondary N) is 1. The van der Waals surface area contributed by atoms with E-state index >= 15 is 0 Å². The zero-order valence-corrected chi connectivity index (χ0v) is 10.8. The van der Waals surface area contributed by atoms with E-state index in [4.69, 9.17) is 0 Å². The van der Waals surface area contributed by atoms with Crippen molar-refractivity contribution in [3.8, 4) is 0 Å². The van der Waals surface area contributed by atoms with Crippen molar-refractivity contribution >= 4 is 0 Å². The normalized spacial score (nSPS) is 11.7. The summed E-state index contributed by atoms with van der Waals surface area (Å²) in [6.07, 6.45) is 7.50. The summed E-state index contributed by atoms with van der Waals surface area (Å²) >= 11 is 0. The van der Waals surface area contributed by atoms with Gasteiger partial charge in [0.15, 0.2) is 0 Å². The minimum atomic E-state index is 0.474. The van der Waals surface area contributed by atoms with Crippen molar-refractivity contribution in [3.05, 3.63) is 30.1 Å².